The van der Waals surface area contributed by atoms with E-state index < -0.39 is 29.5 Å². The molecule has 0 spiro atoms. The number of halogens is 4. The number of hydrogen-bond donors (Lipinski definition) is 3. The molecule has 8 heteroatoms. The predicted molar refractivity (Wildman–Crippen MR) is 73.4 cm³/mol. The van der Waals surface area contributed by atoms with Crippen LogP contribution in [0.25, 0.3) is 0 Å². The molecule has 118 valence electrons. The monoisotopic (exact) mass is 369 g/mol. The molecule has 0 aromatic heterocycles. The molecule has 21 heavy (non-hydrogen) atoms. The van der Waals surface area contributed by atoms with Crippen LogP contribution in [0.15, 0.2) is 22.7 Å². The number of rotatable bonds is 5. The molecular weight excluding hydrogens is 355 g/mol. The van der Waals surface area contributed by atoms with Crippen LogP contribution in [0, 0.1) is 0 Å². The van der Waals surface area contributed by atoms with E-state index in [9.17, 15) is 28.2 Å². The molecule has 0 bridgehead atoms. The van der Waals surface area contributed by atoms with Gasteiger partial charge in [0.05, 0.1) is 11.7 Å². The largest absolute Gasteiger partial charge is 0.416 e. The van der Waals surface area contributed by atoms with E-state index in [4.69, 9.17) is 0 Å². The highest BCUT2D eigenvalue weighted by Crippen LogP contribution is 2.37. The van der Waals surface area contributed by atoms with Gasteiger partial charge in [0.15, 0.2) is 0 Å². The van der Waals surface area contributed by atoms with Crippen LogP contribution in [0.1, 0.15) is 30.6 Å². The Balaban J connectivity index is 2.91. The third-order valence-corrected chi connectivity index (χ3v) is 3.31. The van der Waals surface area contributed by atoms with Gasteiger partial charge in [-0.15, -0.1) is 0 Å². The Hall–Kier alpha value is -1.12. The number of aliphatic hydroxyl groups excluding tert-OH is 2. The van der Waals surface area contributed by atoms with Crippen molar-refractivity contribution in [2.75, 3.05) is 6.54 Å². The first-order valence-corrected chi connectivity index (χ1v) is 6.89. The van der Waals surface area contributed by atoms with Gasteiger partial charge in [-0.2, -0.15) is 13.2 Å². The number of carbonyl (C=O) groups excluding carboxylic acids is 1. The fourth-order valence-electron chi connectivity index (χ4n) is 1.79. The highest BCUT2D eigenvalue weighted by molar-refractivity contribution is 9.10. The number of nitrogens with one attached hydrogen (secondary N) is 1. The Morgan fingerprint density at radius 3 is 2.52 bits per heavy atom. The molecule has 4 nitrogen and oxygen atoms in total. The quantitative estimate of drug-likeness (QED) is 0.746. The van der Waals surface area contributed by atoms with E-state index >= 15 is 0 Å². The number of benzene rings is 1. The number of alkyl halides is 3. The molecule has 1 rings (SSSR count). The zero-order valence-corrected chi connectivity index (χ0v) is 12.7. The number of amides is 1. The molecule has 0 fully saturated rings. The lowest BCUT2D eigenvalue weighted by atomic mass is 9.97. The van der Waals surface area contributed by atoms with Crippen LogP contribution in [-0.4, -0.2) is 28.8 Å². The SMILES string of the molecule is CC(=O)NCCC(O)C(O)c1ccc(Br)cc1C(F)(F)F. The van der Waals surface area contributed by atoms with E-state index in [1.54, 1.807) is 0 Å². The minimum absolute atomic E-state index is 0.0610. The van der Waals surface area contributed by atoms with Crippen molar-refractivity contribution in [3.05, 3.63) is 33.8 Å². The smallest absolute Gasteiger partial charge is 0.390 e. The molecular formula is C13H15BrF3NO3. The summed E-state index contributed by atoms with van der Waals surface area (Å²) < 4.78 is 39.0. The molecule has 0 saturated heterocycles. The fraction of sp³-hybridized carbons (Fsp3) is 0.462. The number of aliphatic hydroxyl groups is 2. The van der Waals surface area contributed by atoms with Crippen LogP contribution in [0.3, 0.4) is 0 Å². The van der Waals surface area contributed by atoms with Crippen LogP contribution in [0.4, 0.5) is 13.2 Å². The van der Waals surface area contributed by atoms with E-state index in [1.807, 2.05) is 0 Å². The van der Waals surface area contributed by atoms with Crippen LogP contribution < -0.4 is 5.32 Å². The van der Waals surface area contributed by atoms with Crippen molar-refractivity contribution in [1.82, 2.24) is 5.32 Å². The second-order valence-electron chi connectivity index (χ2n) is 4.51. The van der Waals surface area contributed by atoms with Gasteiger partial charge in [0, 0.05) is 17.9 Å². The lowest BCUT2D eigenvalue weighted by Gasteiger charge is -2.22. The molecule has 3 N–H and O–H groups in total. The summed E-state index contributed by atoms with van der Waals surface area (Å²) in [6, 6.07) is 3.31. The van der Waals surface area contributed by atoms with Gasteiger partial charge >= 0.3 is 6.18 Å². The molecule has 0 heterocycles. The predicted octanol–water partition coefficient (Wildman–Crippen LogP) is 2.39. The average molecular weight is 370 g/mol. The van der Waals surface area contributed by atoms with Gasteiger partial charge < -0.3 is 15.5 Å². The van der Waals surface area contributed by atoms with Crippen molar-refractivity contribution in [2.24, 2.45) is 0 Å². The van der Waals surface area contributed by atoms with Crippen LogP contribution in [0.5, 0.6) is 0 Å². The zero-order valence-electron chi connectivity index (χ0n) is 11.1. The Kier molecular flexibility index (Phi) is 6.18. The highest BCUT2D eigenvalue weighted by Gasteiger charge is 2.36. The lowest BCUT2D eigenvalue weighted by Crippen LogP contribution is -2.28. The molecule has 0 aliphatic rings. The first-order valence-electron chi connectivity index (χ1n) is 6.10. The van der Waals surface area contributed by atoms with Crippen molar-refractivity contribution in [1.29, 1.82) is 0 Å². The Morgan fingerprint density at radius 1 is 1.38 bits per heavy atom. The summed E-state index contributed by atoms with van der Waals surface area (Å²) in [5.74, 6) is -0.323. The van der Waals surface area contributed by atoms with E-state index in [0.717, 1.165) is 12.1 Å². The topological polar surface area (TPSA) is 69.6 Å². The third kappa shape index (κ3) is 5.29. The molecule has 0 radical (unpaired) electrons. The fourth-order valence-corrected chi connectivity index (χ4v) is 2.15. The van der Waals surface area contributed by atoms with Gasteiger partial charge in [0.25, 0.3) is 0 Å². The molecule has 0 saturated carbocycles. The van der Waals surface area contributed by atoms with E-state index in [1.165, 1.54) is 13.0 Å². The maximum atomic E-state index is 12.9. The van der Waals surface area contributed by atoms with Gasteiger partial charge in [0.2, 0.25) is 5.91 Å². The highest BCUT2D eigenvalue weighted by atomic mass is 79.9. The summed E-state index contributed by atoms with van der Waals surface area (Å²) in [4.78, 5) is 10.7. The Labute approximate surface area is 128 Å². The second-order valence-corrected chi connectivity index (χ2v) is 5.43. The summed E-state index contributed by atoms with van der Waals surface area (Å²) in [6.07, 6.45) is -7.81. The maximum absolute atomic E-state index is 12.9. The van der Waals surface area contributed by atoms with Crippen molar-refractivity contribution < 1.29 is 28.2 Å². The summed E-state index contributed by atoms with van der Waals surface area (Å²) in [5.41, 5.74) is -1.41. The molecule has 1 amide bonds. The molecule has 2 unspecified atom stereocenters. The van der Waals surface area contributed by atoms with Crippen LogP contribution >= 0.6 is 15.9 Å². The summed E-state index contributed by atoms with van der Waals surface area (Å²) in [6.45, 7) is 1.34. The van der Waals surface area contributed by atoms with Gasteiger partial charge in [-0.3, -0.25) is 4.79 Å². The average Bonchev–Trinajstić information content (AvgIpc) is 2.36. The number of hydrogen-bond acceptors (Lipinski definition) is 3. The molecule has 0 aliphatic carbocycles. The first-order chi connectivity index (χ1) is 9.62. The minimum Gasteiger partial charge on any atom is -0.390 e. The normalized spacial score (nSPS) is 14.6. The Morgan fingerprint density at radius 2 is 2.00 bits per heavy atom. The summed E-state index contributed by atoms with van der Waals surface area (Å²) >= 11 is 2.94. The van der Waals surface area contributed by atoms with Gasteiger partial charge in [-0.25, -0.2) is 0 Å². The van der Waals surface area contributed by atoms with E-state index in [0.29, 0.717) is 0 Å². The molecule has 2 atom stereocenters. The van der Waals surface area contributed by atoms with Crippen molar-refractivity contribution in [2.45, 2.75) is 31.7 Å². The van der Waals surface area contributed by atoms with Gasteiger partial charge in [-0.1, -0.05) is 22.0 Å². The summed E-state index contributed by atoms with van der Waals surface area (Å²) in [7, 11) is 0. The molecule has 0 aliphatic heterocycles. The molecule has 1 aromatic carbocycles. The lowest BCUT2D eigenvalue weighted by molar-refractivity contribution is -0.140. The number of carbonyl (C=O) groups is 1. The second kappa shape index (κ2) is 7.24. The first kappa shape index (κ1) is 17.9. The van der Waals surface area contributed by atoms with Gasteiger partial charge in [-0.05, 0) is 24.1 Å². The zero-order chi connectivity index (χ0) is 16.2. The third-order valence-electron chi connectivity index (χ3n) is 2.82. The summed E-state index contributed by atoms with van der Waals surface area (Å²) in [5, 5.41) is 22.1. The van der Waals surface area contributed by atoms with Crippen molar-refractivity contribution in [3.63, 3.8) is 0 Å². The van der Waals surface area contributed by atoms with E-state index in [2.05, 4.69) is 21.2 Å². The standard InChI is InChI=1S/C13H15BrF3NO3/c1-7(19)18-5-4-11(20)12(21)9-3-2-8(14)6-10(9)13(15,16)17/h2-3,6,11-12,20-21H,4-5H2,1H3,(H,18,19). The van der Waals surface area contributed by atoms with Gasteiger partial charge in [0.1, 0.15) is 6.10 Å². The maximum Gasteiger partial charge on any atom is 0.416 e. The van der Waals surface area contributed by atoms with Crippen LogP contribution in [0.2, 0.25) is 0 Å². The van der Waals surface area contributed by atoms with Crippen LogP contribution in [-0.2, 0) is 11.0 Å². The minimum atomic E-state index is -4.64. The Bertz CT molecular complexity index is 508. The molecule has 1 aromatic rings. The van der Waals surface area contributed by atoms with E-state index in [-0.39, 0.29) is 23.3 Å². The van der Waals surface area contributed by atoms with Crippen molar-refractivity contribution in [3.8, 4) is 0 Å². The van der Waals surface area contributed by atoms with Crippen molar-refractivity contribution >= 4 is 21.8 Å².